The van der Waals surface area contributed by atoms with Crippen molar-refractivity contribution in [3.05, 3.63) is 65.2 Å². The highest BCUT2D eigenvalue weighted by Gasteiger charge is 2.22. The molecule has 0 spiro atoms. The second-order valence-electron chi connectivity index (χ2n) is 5.29. The van der Waals surface area contributed by atoms with Gasteiger partial charge in [-0.3, -0.25) is 4.79 Å². The van der Waals surface area contributed by atoms with E-state index in [2.05, 4.69) is 5.32 Å². The maximum absolute atomic E-state index is 12.2. The highest BCUT2D eigenvalue weighted by Crippen LogP contribution is 2.11. The minimum atomic E-state index is -0.775. The minimum Gasteiger partial charge on any atom is -0.508 e. The number of carbonyl (C=O) groups is 2. The Morgan fingerprint density at radius 2 is 1.87 bits per heavy atom. The molecule has 0 aliphatic rings. The number of phenolic OH excluding ortho intramolecular Hbond substituents is 1. The average Bonchev–Trinajstić information content (AvgIpc) is 2.54. The minimum absolute atomic E-state index is 0.0748. The first kappa shape index (κ1) is 16.5. The Morgan fingerprint density at radius 3 is 2.48 bits per heavy atom. The molecule has 23 heavy (non-hydrogen) atoms. The van der Waals surface area contributed by atoms with E-state index < -0.39 is 17.9 Å². The lowest BCUT2D eigenvalue weighted by atomic mass is 10.0. The van der Waals surface area contributed by atoms with Crippen LogP contribution in [0.25, 0.3) is 0 Å². The van der Waals surface area contributed by atoms with Gasteiger partial charge >= 0.3 is 5.97 Å². The van der Waals surface area contributed by atoms with E-state index in [0.29, 0.717) is 12.0 Å². The number of esters is 1. The number of ether oxygens (including phenoxy) is 1. The fourth-order valence-electron chi connectivity index (χ4n) is 2.26. The van der Waals surface area contributed by atoms with Crippen molar-refractivity contribution in [2.45, 2.75) is 19.4 Å². The fourth-order valence-corrected chi connectivity index (χ4v) is 2.26. The van der Waals surface area contributed by atoms with Gasteiger partial charge in [-0.2, -0.15) is 0 Å². The van der Waals surface area contributed by atoms with Gasteiger partial charge in [-0.05, 0) is 36.8 Å². The molecule has 2 N–H and O–H groups in total. The van der Waals surface area contributed by atoms with Crippen LogP contribution < -0.4 is 5.32 Å². The highest BCUT2D eigenvalue weighted by molar-refractivity contribution is 5.96. The lowest BCUT2D eigenvalue weighted by Crippen LogP contribution is -2.43. The van der Waals surface area contributed by atoms with Crippen LogP contribution in [0.5, 0.6) is 5.75 Å². The topological polar surface area (TPSA) is 75.6 Å². The van der Waals surface area contributed by atoms with Gasteiger partial charge in [0.15, 0.2) is 0 Å². The summed E-state index contributed by atoms with van der Waals surface area (Å²) in [5.74, 6) is -0.822. The van der Waals surface area contributed by atoms with Gasteiger partial charge in [0.05, 0.1) is 7.11 Å². The first-order valence-electron chi connectivity index (χ1n) is 7.23. The molecule has 0 fully saturated rings. The Bertz CT molecular complexity index is 694. The van der Waals surface area contributed by atoms with Crippen molar-refractivity contribution in [1.29, 1.82) is 0 Å². The van der Waals surface area contributed by atoms with Gasteiger partial charge in [0, 0.05) is 12.0 Å². The second-order valence-corrected chi connectivity index (χ2v) is 5.29. The van der Waals surface area contributed by atoms with E-state index in [-0.39, 0.29) is 5.75 Å². The monoisotopic (exact) mass is 313 g/mol. The third-order valence-electron chi connectivity index (χ3n) is 3.44. The number of hydrogen-bond acceptors (Lipinski definition) is 4. The van der Waals surface area contributed by atoms with Crippen molar-refractivity contribution < 1.29 is 19.4 Å². The molecule has 0 heterocycles. The first-order valence-corrected chi connectivity index (χ1v) is 7.23. The molecule has 120 valence electrons. The fraction of sp³-hybridized carbons (Fsp3) is 0.222. The normalized spacial score (nSPS) is 11.6. The average molecular weight is 313 g/mol. The third-order valence-corrected chi connectivity index (χ3v) is 3.44. The summed E-state index contributed by atoms with van der Waals surface area (Å²) in [7, 11) is 1.29. The van der Waals surface area contributed by atoms with Crippen molar-refractivity contribution in [2.24, 2.45) is 0 Å². The summed E-state index contributed by atoms with van der Waals surface area (Å²) < 4.78 is 4.78. The summed E-state index contributed by atoms with van der Waals surface area (Å²) in [4.78, 5) is 24.2. The zero-order valence-electron chi connectivity index (χ0n) is 13.1. The Labute approximate surface area is 134 Å². The molecule has 5 nitrogen and oxygen atoms in total. The van der Waals surface area contributed by atoms with E-state index in [1.54, 1.807) is 0 Å². The van der Waals surface area contributed by atoms with Crippen LogP contribution in [0.4, 0.5) is 0 Å². The maximum Gasteiger partial charge on any atom is 0.328 e. The molecule has 0 aliphatic carbocycles. The molecule has 5 heteroatoms. The number of aryl methyl sites for hydroxylation is 1. The van der Waals surface area contributed by atoms with E-state index in [9.17, 15) is 14.7 Å². The van der Waals surface area contributed by atoms with Crippen molar-refractivity contribution >= 4 is 11.9 Å². The van der Waals surface area contributed by atoms with Crippen LogP contribution in [0.1, 0.15) is 21.5 Å². The van der Waals surface area contributed by atoms with Crippen LogP contribution in [0.3, 0.4) is 0 Å². The molecular formula is C18H19NO4. The maximum atomic E-state index is 12.2. The van der Waals surface area contributed by atoms with Crippen molar-refractivity contribution in [3.8, 4) is 5.75 Å². The second kappa shape index (κ2) is 7.45. The van der Waals surface area contributed by atoms with Crippen LogP contribution >= 0.6 is 0 Å². The van der Waals surface area contributed by atoms with Crippen LogP contribution in [0.2, 0.25) is 0 Å². The summed E-state index contributed by atoms with van der Waals surface area (Å²) >= 11 is 0. The van der Waals surface area contributed by atoms with E-state index in [4.69, 9.17) is 4.74 Å². The zero-order chi connectivity index (χ0) is 16.8. The van der Waals surface area contributed by atoms with Gasteiger partial charge in [0.1, 0.15) is 11.8 Å². The third kappa shape index (κ3) is 4.57. The number of methoxy groups -OCH3 is 1. The Hall–Kier alpha value is -2.82. The number of carbonyl (C=O) groups excluding carboxylic acids is 2. The Balaban J connectivity index is 2.13. The van der Waals surface area contributed by atoms with Crippen LogP contribution in [0, 0.1) is 6.92 Å². The predicted octanol–water partition coefficient (Wildman–Crippen LogP) is 2.21. The molecule has 0 saturated heterocycles. The molecule has 0 saturated carbocycles. The van der Waals surface area contributed by atoms with Gasteiger partial charge < -0.3 is 15.2 Å². The van der Waals surface area contributed by atoms with Gasteiger partial charge in [-0.25, -0.2) is 4.79 Å². The van der Waals surface area contributed by atoms with Crippen molar-refractivity contribution in [3.63, 3.8) is 0 Å². The van der Waals surface area contributed by atoms with Gasteiger partial charge in [0.25, 0.3) is 5.91 Å². The Morgan fingerprint density at radius 1 is 1.17 bits per heavy atom. The number of rotatable bonds is 5. The molecule has 0 unspecified atom stereocenters. The predicted molar refractivity (Wildman–Crippen MR) is 86.3 cm³/mol. The number of hydrogen-bond donors (Lipinski definition) is 2. The molecule has 0 aliphatic heterocycles. The molecule has 1 atom stereocenters. The molecule has 0 bridgehead atoms. The van der Waals surface area contributed by atoms with Crippen molar-refractivity contribution in [2.75, 3.05) is 7.11 Å². The van der Waals surface area contributed by atoms with E-state index in [0.717, 1.165) is 11.1 Å². The van der Waals surface area contributed by atoms with Crippen LogP contribution in [-0.2, 0) is 16.0 Å². The van der Waals surface area contributed by atoms with Gasteiger partial charge in [-0.1, -0.05) is 29.8 Å². The number of amides is 1. The van der Waals surface area contributed by atoms with Crippen LogP contribution in [0.15, 0.2) is 48.5 Å². The highest BCUT2D eigenvalue weighted by atomic mass is 16.5. The van der Waals surface area contributed by atoms with E-state index in [1.807, 2.05) is 31.2 Å². The SMILES string of the molecule is COC(=O)[C@H](Cc1cccc(C)c1)NC(=O)c1ccc(O)cc1. The van der Waals surface area contributed by atoms with E-state index in [1.165, 1.54) is 31.4 Å². The number of phenols is 1. The smallest absolute Gasteiger partial charge is 0.328 e. The molecule has 0 aromatic heterocycles. The van der Waals surface area contributed by atoms with Gasteiger partial charge in [-0.15, -0.1) is 0 Å². The standard InChI is InChI=1S/C18H19NO4/c1-12-4-3-5-13(10-12)11-16(18(22)23-2)19-17(21)14-6-8-15(20)9-7-14/h3-10,16,20H,11H2,1-2H3,(H,19,21)/t16-/m0/s1. The molecular weight excluding hydrogens is 294 g/mol. The first-order chi connectivity index (χ1) is 11.0. The molecule has 0 radical (unpaired) electrons. The molecule has 2 aromatic rings. The number of nitrogens with one attached hydrogen (secondary N) is 1. The number of aromatic hydroxyl groups is 1. The number of benzene rings is 2. The van der Waals surface area contributed by atoms with Crippen LogP contribution in [-0.4, -0.2) is 30.1 Å². The molecule has 1 amide bonds. The summed E-state index contributed by atoms with van der Waals surface area (Å²) in [6, 6.07) is 12.8. The van der Waals surface area contributed by atoms with Gasteiger partial charge in [0.2, 0.25) is 0 Å². The summed E-state index contributed by atoms with van der Waals surface area (Å²) in [5, 5.41) is 11.9. The zero-order valence-corrected chi connectivity index (χ0v) is 13.1. The van der Waals surface area contributed by atoms with Crippen molar-refractivity contribution in [1.82, 2.24) is 5.32 Å². The summed E-state index contributed by atoms with van der Waals surface area (Å²) in [6.45, 7) is 1.96. The largest absolute Gasteiger partial charge is 0.508 e. The lowest BCUT2D eigenvalue weighted by Gasteiger charge is -2.17. The summed E-state index contributed by atoms with van der Waals surface area (Å²) in [5.41, 5.74) is 2.38. The lowest BCUT2D eigenvalue weighted by molar-refractivity contribution is -0.142. The molecule has 2 aromatic carbocycles. The van der Waals surface area contributed by atoms with E-state index >= 15 is 0 Å². The summed E-state index contributed by atoms with van der Waals surface area (Å²) in [6.07, 6.45) is 0.345. The quantitative estimate of drug-likeness (QED) is 0.830. The Kier molecular flexibility index (Phi) is 5.36. The molecule has 2 rings (SSSR count).